The fourth-order valence-corrected chi connectivity index (χ4v) is 1.60. The van der Waals surface area contributed by atoms with E-state index in [1.54, 1.807) is 20.8 Å². The smallest absolute Gasteiger partial charge is 0.428 e. The topological polar surface area (TPSA) is 69.0 Å². The van der Waals surface area contributed by atoms with E-state index in [0.717, 1.165) is 16.6 Å². The number of para-hydroxylation sites is 1. The van der Waals surface area contributed by atoms with E-state index in [1.807, 2.05) is 25.1 Å². The molecule has 0 aliphatic rings. The summed E-state index contributed by atoms with van der Waals surface area (Å²) in [5.74, 6) is 0. The Labute approximate surface area is 105 Å². The lowest BCUT2D eigenvalue weighted by molar-refractivity contribution is 0.0610. The van der Waals surface area contributed by atoms with Crippen LogP contribution in [-0.2, 0) is 4.74 Å². The average molecular weight is 248 g/mol. The van der Waals surface area contributed by atoms with Gasteiger partial charge in [0.25, 0.3) is 0 Å². The first-order valence-electron chi connectivity index (χ1n) is 5.68. The summed E-state index contributed by atoms with van der Waals surface area (Å²) in [6.07, 6.45) is -0.558. The van der Waals surface area contributed by atoms with Crippen molar-refractivity contribution in [2.45, 2.75) is 33.3 Å². The predicted molar refractivity (Wildman–Crippen MR) is 67.9 cm³/mol. The van der Waals surface area contributed by atoms with Crippen LogP contribution >= 0.6 is 0 Å². The van der Waals surface area contributed by atoms with Crippen molar-refractivity contribution in [2.24, 2.45) is 0 Å². The summed E-state index contributed by atoms with van der Waals surface area (Å²) in [5, 5.41) is 7.85. The SMILES string of the molecule is Cc1cccc2nnn(NC(=O)OC(C)(C)C)c12. The number of nitrogens with one attached hydrogen (secondary N) is 1. The molecule has 0 atom stereocenters. The molecule has 0 saturated carbocycles. The van der Waals surface area contributed by atoms with Crippen molar-refractivity contribution in [3.63, 3.8) is 0 Å². The first-order chi connectivity index (χ1) is 8.37. The number of hydrogen-bond donors (Lipinski definition) is 1. The Balaban J connectivity index is 2.25. The second-order valence-electron chi connectivity index (χ2n) is 5.06. The van der Waals surface area contributed by atoms with Crippen LogP contribution in [0.15, 0.2) is 18.2 Å². The first kappa shape index (κ1) is 12.3. The largest absolute Gasteiger partial charge is 0.443 e. The summed E-state index contributed by atoms with van der Waals surface area (Å²) < 4.78 is 5.16. The Morgan fingerprint density at radius 2 is 2.11 bits per heavy atom. The molecular formula is C12H16N4O2. The van der Waals surface area contributed by atoms with Crippen LogP contribution in [0.3, 0.4) is 0 Å². The minimum absolute atomic E-state index is 0.546. The van der Waals surface area contributed by atoms with E-state index in [4.69, 9.17) is 4.74 Å². The first-order valence-corrected chi connectivity index (χ1v) is 5.68. The van der Waals surface area contributed by atoms with E-state index in [0.29, 0.717) is 0 Å². The number of aryl methyl sites for hydroxylation is 1. The molecule has 18 heavy (non-hydrogen) atoms. The van der Waals surface area contributed by atoms with Crippen molar-refractivity contribution >= 4 is 17.1 Å². The molecule has 0 aliphatic heterocycles. The summed E-state index contributed by atoms with van der Waals surface area (Å²) in [6.45, 7) is 7.34. The lowest BCUT2D eigenvalue weighted by Gasteiger charge is -2.19. The molecule has 1 heterocycles. The molecule has 96 valence electrons. The molecule has 0 radical (unpaired) electrons. The van der Waals surface area contributed by atoms with E-state index in [1.165, 1.54) is 4.79 Å². The molecule has 0 fully saturated rings. The number of carbonyl (C=O) groups is 1. The summed E-state index contributed by atoms with van der Waals surface area (Å²) in [4.78, 5) is 13.0. The van der Waals surface area contributed by atoms with Crippen molar-refractivity contribution in [3.05, 3.63) is 23.8 Å². The van der Waals surface area contributed by atoms with Crippen molar-refractivity contribution in [2.75, 3.05) is 5.43 Å². The second kappa shape index (κ2) is 4.29. The van der Waals surface area contributed by atoms with Gasteiger partial charge in [-0.1, -0.05) is 12.1 Å². The summed E-state index contributed by atoms with van der Waals surface area (Å²) in [7, 11) is 0. The highest BCUT2D eigenvalue weighted by Gasteiger charge is 2.17. The van der Waals surface area contributed by atoms with Gasteiger partial charge < -0.3 is 4.74 Å². The zero-order valence-corrected chi connectivity index (χ0v) is 10.9. The molecule has 2 aromatic rings. The van der Waals surface area contributed by atoms with Crippen LogP contribution in [0, 0.1) is 6.92 Å². The summed E-state index contributed by atoms with van der Waals surface area (Å²) >= 11 is 0. The van der Waals surface area contributed by atoms with Gasteiger partial charge in [-0.15, -0.1) is 9.89 Å². The molecule has 1 aromatic carbocycles. The van der Waals surface area contributed by atoms with Gasteiger partial charge in [0, 0.05) is 0 Å². The van der Waals surface area contributed by atoms with Crippen molar-refractivity contribution in [3.8, 4) is 0 Å². The molecule has 2 rings (SSSR count). The zero-order chi connectivity index (χ0) is 13.3. The molecule has 0 unspecified atom stereocenters. The van der Waals surface area contributed by atoms with E-state index < -0.39 is 11.7 Å². The van der Waals surface area contributed by atoms with Gasteiger partial charge >= 0.3 is 6.09 Å². The van der Waals surface area contributed by atoms with E-state index >= 15 is 0 Å². The number of nitrogens with zero attached hydrogens (tertiary/aromatic N) is 3. The lowest BCUT2D eigenvalue weighted by Crippen LogP contribution is -2.32. The molecule has 1 aromatic heterocycles. The molecule has 6 heteroatoms. The maximum absolute atomic E-state index is 11.7. The van der Waals surface area contributed by atoms with Crippen LogP contribution in [0.4, 0.5) is 4.79 Å². The monoisotopic (exact) mass is 248 g/mol. The molecule has 0 aliphatic carbocycles. The Morgan fingerprint density at radius 3 is 2.78 bits per heavy atom. The third kappa shape index (κ3) is 2.58. The molecule has 0 bridgehead atoms. The standard InChI is InChI=1S/C12H16N4O2/c1-8-6-5-7-9-10(8)16(15-13-9)14-11(17)18-12(2,3)4/h5-7H,1-4H3,(H,14,17). The highest BCUT2D eigenvalue weighted by molar-refractivity contribution is 5.82. The second-order valence-corrected chi connectivity index (χ2v) is 5.06. The minimum Gasteiger partial charge on any atom is -0.443 e. The van der Waals surface area contributed by atoms with Crippen LogP contribution in [0.25, 0.3) is 11.0 Å². The van der Waals surface area contributed by atoms with Gasteiger partial charge in [-0.3, -0.25) is 0 Å². The molecule has 1 N–H and O–H groups in total. The van der Waals surface area contributed by atoms with Gasteiger partial charge in [-0.05, 0) is 44.5 Å². The maximum atomic E-state index is 11.7. The zero-order valence-electron chi connectivity index (χ0n) is 10.9. The molecule has 6 nitrogen and oxygen atoms in total. The lowest BCUT2D eigenvalue weighted by atomic mass is 10.2. The number of carbonyl (C=O) groups excluding carboxylic acids is 1. The maximum Gasteiger partial charge on any atom is 0.428 e. The highest BCUT2D eigenvalue weighted by Crippen LogP contribution is 2.14. The van der Waals surface area contributed by atoms with Gasteiger partial charge in [-0.2, -0.15) is 0 Å². The van der Waals surface area contributed by atoms with Crippen molar-refractivity contribution in [1.29, 1.82) is 0 Å². The van der Waals surface area contributed by atoms with Gasteiger partial charge in [0.1, 0.15) is 16.6 Å². The number of fused-ring (bicyclic) bond motifs is 1. The van der Waals surface area contributed by atoms with Crippen molar-refractivity contribution < 1.29 is 9.53 Å². The Hall–Kier alpha value is -2.11. The number of benzene rings is 1. The molecule has 1 amide bonds. The number of aromatic nitrogens is 3. The number of ether oxygens (including phenoxy) is 1. The summed E-state index contributed by atoms with van der Waals surface area (Å²) in [6, 6.07) is 5.66. The fourth-order valence-electron chi connectivity index (χ4n) is 1.60. The van der Waals surface area contributed by atoms with Crippen LogP contribution in [0.2, 0.25) is 0 Å². The summed E-state index contributed by atoms with van der Waals surface area (Å²) in [5.41, 5.74) is 4.47. The molecule has 0 spiro atoms. The quantitative estimate of drug-likeness (QED) is 0.840. The van der Waals surface area contributed by atoms with Gasteiger partial charge in [0.15, 0.2) is 0 Å². The van der Waals surface area contributed by atoms with Gasteiger partial charge in [0.2, 0.25) is 0 Å². The predicted octanol–water partition coefficient (Wildman–Crippen LogP) is 2.22. The Bertz CT molecular complexity index is 583. The van der Waals surface area contributed by atoms with Crippen LogP contribution in [-0.4, -0.2) is 26.8 Å². The van der Waals surface area contributed by atoms with E-state index in [9.17, 15) is 4.79 Å². The van der Waals surface area contributed by atoms with Crippen LogP contribution in [0.5, 0.6) is 0 Å². The minimum atomic E-state index is -0.558. The van der Waals surface area contributed by atoms with E-state index in [2.05, 4.69) is 15.7 Å². The Morgan fingerprint density at radius 1 is 1.39 bits per heavy atom. The number of amides is 1. The number of rotatable bonds is 1. The van der Waals surface area contributed by atoms with Crippen molar-refractivity contribution in [1.82, 2.24) is 15.1 Å². The van der Waals surface area contributed by atoms with E-state index in [-0.39, 0.29) is 0 Å². The van der Waals surface area contributed by atoms with Crippen LogP contribution < -0.4 is 5.43 Å². The van der Waals surface area contributed by atoms with Gasteiger partial charge in [0.05, 0.1) is 0 Å². The average Bonchev–Trinajstić information content (AvgIpc) is 2.59. The highest BCUT2D eigenvalue weighted by atomic mass is 16.6. The third-order valence-electron chi connectivity index (χ3n) is 2.27. The van der Waals surface area contributed by atoms with Gasteiger partial charge in [-0.25, -0.2) is 10.2 Å². The number of hydrogen-bond acceptors (Lipinski definition) is 4. The normalized spacial score (nSPS) is 11.6. The molecule has 0 saturated heterocycles. The fraction of sp³-hybridized carbons (Fsp3) is 0.417. The third-order valence-corrected chi connectivity index (χ3v) is 2.27. The Kier molecular flexibility index (Phi) is 2.94. The molecular weight excluding hydrogens is 232 g/mol. The van der Waals surface area contributed by atoms with Crippen LogP contribution in [0.1, 0.15) is 26.3 Å².